The Bertz CT molecular complexity index is 1020. The molecule has 0 saturated heterocycles. The molecule has 1 heterocycles. The molecule has 0 N–H and O–H groups in total. The largest absolute Gasteiger partial charge is 1.00 e. The van der Waals surface area contributed by atoms with Gasteiger partial charge in [0.05, 0.1) is 39.1 Å². The maximum Gasteiger partial charge on any atom is 0.118 e. The number of nitrogens with zero attached hydrogens (tertiary/aromatic N) is 2. The summed E-state index contributed by atoms with van der Waals surface area (Å²) >= 11 is 8.16. The van der Waals surface area contributed by atoms with Crippen molar-refractivity contribution in [3.8, 4) is 5.75 Å². The van der Waals surface area contributed by atoms with Crippen molar-refractivity contribution in [2.75, 3.05) is 39.2 Å². The molecule has 1 aliphatic heterocycles. The monoisotopic (exact) mass is 474 g/mol. The zero-order chi connectivity index (χ0) is 21.1. The molecule has 1 aliphatic rings. The summed E-state index contributed by atoms with van der Waals surface area (Å²) in [7, 11) is 6.31. The van der Waals surface area contributed by atoms with E-state index in [1.54, 1.807) is 7.11 Å². The maximum absolute atomic E-state index is 6.34. The van der Waals surface area contributed by atoms with E-state index in [0.29, 0.717) is 0 Å². The molecule has 0 amide bonds. The Hall–Kier alpha value is -1.85. The third kappa shape index (κ3) is 5.69. The lowest BCUT2D eigenvalue weighted by molar-refractivity contribution is -0.903. The Balaban J connectivity index is 0.00000272. The van der Waals surface area contributed by atoms with Crippen LogP contribution in [-0.4, -0.2) is 38.8 Å². The molecular weight excluding hydrogens is 447 g/mol. The van der Waals surface area contributed by atoms with Crippen LogP contribution in [0.15, 0.2) is 76.5 Å². The number of para-hydroxylation sites is 1. The summed E-state index contributed by atoms with van der Waals surface area (Å²) in [4.78, 5) is 5.00. The van der Waals surface area contributed by atoms with Crippen LogP contribution in [0.25, 0.3) is 0 Å². The number of benzene rings is 3. The van der Waals surface area contributed by atoms with Crippen molar-refractivity contribution in [1.29, 1.82) is 0 Å². The third-order valence-corrected chi connectivity index (χ3v) is 6.87. The van der Waals surface area contributed by atoms with E-state index in [0.717, 1.165) is 41.3 Å². The Kier molecular flexibility index (Phi) is 7.82. The van der Waals surface area contributed by atoms with E-state index >= 15 is 0 Å². The number of rotatable bonds is 7. The third-order valence-electron chi connectivity index (χ3n) is 5.50. The number of anilines is 2. The quantitative estimate of drug-likeness (QED) is 0.485. The zero-order valence-electron chi connectivity index (χ0n) is 18.1. The normalized spacial score (nSPS) is 12.6. The first-order chi connectivity index (χ1) is 14.4. The predicted molar refractivity (Wildman–Crippen MR) is 127 cm³/mol. The standard InChI is InChI=1S/C25H28ClN2OS.ClH/c1-28(2,18-19-9-12-21(29-3)13-10-19)16-6-15-27-22-7-4-5-8-24(22)30-25-14-11-20(26)17-23(25)27;/h4-5,7-14,17H,6,15-16,18H2,1-3H3;1H/q+1;/p-1. The van der Waals surface area contributed by atoms with Gasteiger partial charge in [-0.15, -0.1) is 0 Å². The first kappa shape index (κ1) is 23.8. The molecule has 3 aromatic rings. The highest BCUT2D eigenvalue weighted by molar-refractivity contribution is 7.99. The number of fused-ring (bicyclic) bond motifs is 2. The topological polar surface area (TPSA) is 12.5 Å². The maximum atomic E-state index is 6.34. The van der Waals surface area contributed by atoms with E-state index in [2.05, 4.69) is 67.5 Å². The van der Waals surface area contributed by atoms with Crippen LogP contribution in [0.1, 0.15) is 12.0 Å². The van der Waals surface area contributed by atoms with E-state index in [-0.39, 0.29) is 12.4 Å². The molecule has 0 unspecified atom stereocenters. The predicted octanol–water partition coefficient (Wildman–Crippen LogP) is 3.62. The summed E-state index contributed by atoms with van der Waals surface area (Å²) in [6.45, 7) is 3.06. The Labute approximate surface area is 201 Å². The van der Waals surface area contributed by atoms with Gasteiger partial charge in [0.1, 0.15) is 12.3 Å². The van der Waals surface area contributed by atoms with Gasteiger partial charge in [0, 0.05) is 33.3 Å². The molecule has 3 nitrogen and oxygen atoms in total. The number of methoxy groups -OCH3 is 1. The van der Waals surface area contributed by atoms with Gasteiger partial charge < -0.3 is 26.5 Å². The smallest absolute Gasteiger partial charge is 0.118 e. The Morgan fingerprint density at radius 1 is 0.935 bits per heavy atom. The fourth-order valence-corrected chi connectivity index (χ4v) is 5.25. The number of hydrogen-bond acceptors (Lipinski definition) is 3. The van der Waals surface area contributed by atoms with E-state index in [4.69, 9.17) is 16.3 Å². The molecule has 0 radical (unpaired) electrons. The summed E-state index contributed by atoms with van der Waals surface area (Å²) in [5.41, 5.74) is 3.82. The molecule has 0 fully saturated rings. The van der Waals surface area contributed by atoms with Crippen molar-refractivity contribution in [3.63, 3.8) is 0 Å². The molecule has 31 heavy (non-hydrogen) atoms. The fourth-order valence-electron chi connectivity index (χ4n) is 4.00. The number of hydrogen-bond donors (Lipinski definition) is 0. The molecule has 0 aliphatic carbocycles. The Morgan fingerprint density at radius 2 is 1.65 bits per heavy atom. The first-order valence-electron chi connectivity index (χ1n) is 10.2. The summed E-state index contributed by atoms with van der Waals surface area (Å²) in [6, 6.07) is 23.3. The molecule has 0 atom stereocenters. The lowest BCUT2D eigenvalue weighted by Gasteiger charge is -2.35. The molecule has 0 spiro atoms. The average molecular weight is 475 g/mol. The van der Waals surface area contributed by atoms with Gasteiger partial charge in [-0.05, 0) is 54.6 Å². The van der Waals surface area contributed by atoms with Gasteiger partial charge >= 0.3 is 0 Å². The molecule has 3 aromatic carbocycles. The lowest BCUT2D eigenvalue weighted by atomic mass is 10.1. The van der Waals surface area contributed by atoms with E-state index in [1.165, 1.54) is 26.7 Å². The van der Waals surface area contributed by atoms with Gasteiger partial charge in [-0.3, -0.25) is 0 Å². The van der Waals surface area contributed by atoms with E-state index < -0.39 is 0 Å². The van der Waals surface area contributed by atoms with Crippen molar-refractivity contribution in [2.45, 2.75) is 22.8 Å². The number of halogens is 2. The minimum absolute atomic E-state index is 0. The van der Waals surface area contributed by atoms with Crippen molar-refractivity contribution in [3.05, 3.63) is 77.3 Å². The highest BCUT2D eigenvalue weighted by Gasteiger charge is 2.24. The highest BCUT2D eigenvalue weighted by atomic mass is 35.5. The van der Waals surface area contributed by atoms with Gasteiger partial charge in [-0.1, -0.05) is 35.5 Å². The molecule has 0 saturated carbocycles. The van der Waals surface area contributed by atoms with Crippen molar-refractivity contribution in [1.82, 2.24) is 0 Å². The van der Waals surface area contributed by atoms with Crippen LogP contribution in [0, 0.1) is 0 Å². The molecule has 6 heteroatoms. The minimum Gasteiger partial charge on any atom is -1.00 e. The molecular formula is C25H28Cl2N2OS. The Morgan fingerprint density at radius 3 is 2.39 bits per heavy atom. The molecule has 164 valence electrons. The molecule has 0 aromatic heterocycles. The lowest BCUT2D eigenvalue weighted by Crippen LogP contribution is -3.00. The fraction of sp³-hybridized carbons (Fsp3) is 0.280. The van der Waals surface area contributed by atoms with Gasteiger partial charge in [0.2, 0.25) is 0 Å². The van der Waals surface area contributed by atoms with Crippen LogP contribution >= 0.6 is 23.4 Å². The second kappa shape index (κ2) is 10.2. The molecule has 0 bridgehead atoms. The van der Waals surface area contributed by atoms with Crippen LogP contribution in [-0.2, 0) is 6.54 Å². The number of ether oxygens (including phenoxy) is 1. The van der Waals surface area contributed by atoms with Gasteiger partial charge in [0.25, 0.3) is 0 Å². The van der Waals surface area contributed by atoms with Crippen molar-refractivity contribution < 1.29 is 21.6 Å². The second-order valence-electron chi connectivity index (χ2n) is 8.35. The van der Waals surface area contributed by atoms with Gasteiger partial charge in [-0.25, -0.2) is 0 Å². The summed E-state index contributed by atoms with van der Waals surface area (Å²) in [5, 5.41) is 0.786. The van der Waals surface area contributed by atoms with E-state index in [1.807, 2.05) is 30.0 Å². The molecule has 4 rings (SSSR count). The summed E-state index contributed by atoms with van der Waals surface area (Å²) < 4.78 is 6.22. The van der Waals surface area contributed by atoms with Crippen molar-refractivity contribution in [2.24, 2.45) is 0 Å². The minimum atomic E-state index is 0. The van der Waals surface area contributed by atoms with Gasteiger partial charge in [0.15, 0.2) is 0 Å². The number of quaternary nitrogens is 1. The van der Waals surface area contributed by atoms with Crippen molar-refractivity contribution >= 4 is 34.7 Å². The van der Waals surface area contributed by atoms with E-state index in [9.17, 15) is 0 Å². The zero-order valence-corrected chi connectivity index (χ0v) is 20.5. The highest BCUT2D eigenvalue weighted by Crippen LogP contribution is 2.48. The van der Waals surface area contributed by atoms with Gasteiger partial charge in [-0.2, -0.15) is 0 Å². The first-order valence-corrected chi connectivity index (χ1v) is 11.4. The van der Waals surface area contributed by atoms with Crippen LogP contribution in [0.4, 0.5) is 11.4 Å². The second-order valence-corrected chi connectivity index (χ2v) is 9.87. The van der Waals surface area contributed by atoms with Crippen LogP contribution in [0.3, 0.4) is 0 Å². The summed E-state index contributed by atoms with van der Waals surface area (Å²) in [5.74, 6) is 0.906. The van der Waals surface area contributed by atoms with Crippen LogP contribution in [0.2, 0.25) is 5.02 Å². The summed E-state index contributed by atoms with van der Waals surface area (Å²) in [6.07, 6.45) is 1.09. The average Bonchev–Trinajstić information content (AvgIpc) is 2.74. The van der Waals surface area contributed by atoms with Crippen LogP contribution in [0.5, 0.6) is 5.75 Å². The van der Waals surface area contributed by atoms with Crippen LogP contribution < -0.4 is 22.0 Å². The SMILES string of the molecule is COc1ccc(C[N+](C)(C)CCCN2c3ccccc3Sc3ccc(Cl)cc32)cc1.[Cl-].